The molecule has 0 aliphatic carbocycles. The van der Waals surface area contributed by atoms with Crippen molar-refractivity contribution < 1.29 is 0 Å². The minimum absolute atomic E-state index is 0.310. The third-order valence-electron chi connectivity index (χ3n) is 2.37. The van der Waals surface area contributed by atoms with Crippen molar-refractivity contribution in [2.75, 3.05) is 13.1 Å². The van der Waals surface area contributed by atoms with Crippen molar-refractivity contribution in [1.82, 2.24) is 5.32 Å². The Bertz CT molecular complexity index is 324. The molecule has 1 rings (SSSR count). The summed E-state index contributed by atoms with van der Waals surface area (Å²) in [6, 6.07) is 10.1. The Morgan fingerprint density at radius 2 is 2.07 bits per heavy atom. The van der Waals surface area contributed by atoms with Crippen LogP contribution in [0.25, 0.3) is 0 Å². The Labute approximate surface area is 90.9 Å². The van der Waals surface area contributed by atoms with Crippen LogP contribution in [0.2, 0.25) is 0 Å². The Morgan fingerprint density at radius 3 is 2.60 bits per heavy atom. The lowest BCUT2D eigenvalue weighted by atomic mass is 10.1. The number of hydrogen-bond acceptors (Lipinski definition) is 3. The van der Waals surface area contributed by atoms with Crippen LogP contribution in [0.1, 0.15) is 30.5 Å². The van der Waals surface area contributed by atoms with Gasteiger partial charge in [-0.2, -0.15) is 5.26 Å². The van der Waals surface area contributed by atoms with E-state index in [1.165, 1.54) is 5.56 Å². The van der Waals surface area contributed by atoms with Crippen LogP contribution in [0, 0.1) is 11.3 Å². The van der Waals surface area contributed by atoms with Crippen LogP contribution in [0.4, 0.5) is 0 Å². The second-order valence-electron chi connectivity index (χ2n) is 3.55. The minimum Gasteiger partial charge on any atom is -0.330 e. The van der Waals surface area contributed by atoms with Gasteiger partial charge in [-0.3, -0.25) is 0 Å². The lowest BCUT2D eigenvalue weighted by molar-refractivity contribution is 0.562. The minimum atomic E-state index is 0.310. The average molecular weight is 203 g/mol. The van der Waals surface area contributed by atoms with Crippen LogP contribution < -0.4 is 11.1 Å². The van der Waals surface area contributed by atoms with Gasteiger partial charge in [0.15, 0.2) is 0 Å². The molecule has 1 aromatic carbocycles. The van der Waals surface area contributed by atoms with Gasteiger partial charge in [-0.15, -0.1) is 0 Å². The second kappa shape index (κ2) is 6.18. The van der Waals surface area contributed by atoms with Gasteiger partial charge in [0, 0.05) is 6.04 Å². The zero-order chi connectivity index (χ0) is 11.1. The number of rotatable bonds is 5. The predicted octanol–water partition coefficient (Wildman–Crippen LogP) is 1.56. The fraction of sp³-hybridized carbons (Fsp3) is 0.417. The molecule has 0 aromatic heterocycles. The maximum absolute atomic E-state index is 8.66. The van der Waals surface area contributed by atoms with Gasteiger partial charge in [0.2, 0.25) is 0 Å². The molecule has 3 nitrogen and oxygen atoms in total. The Kier molecular flexibility index (Phi) is 4.82. The molecule has 3 heteroatoms. The van der Waals surface area contributed by atoms with E-state index in [-0.39, 0.29) is 0 Å². The van der Waals surface area contributed by atoms with Crippen LogP contribution in [0.5, 0.6) is 0 Å². The van der Waals surface area contributed by atoms with E-state index in [9.17, 15) is 0 Å². The van der Waals surface area contributed by atoms with Crippen molar-refractivity contribution in [2.45, 2.75) is 19.4 Å². The predicted molar refractivity (Wildman–Crippen MR) is 61.2 cm³/mol. The molecule has 0 heterocycles. The highest BCUT2D eigenvalue weighted by Crippen LogP contribution is 2.12. The summed E-state index contributed by atoms with van der Waals surface area (Å²) < 4.78 is 0. The highest BCUT2D eigenvalue weighted by molar-refractivity contribution is 5.32. The van der Waals surface area contributed by atoms with Crippen molar-refractivity contribution >= 4 is 0 Å². The zero-order valence-electron chi connectivity index (χ0n) is 9.03. The van der Waals surface area contributed by atoms with Crippen molar-refractivity contribution in [3.63, 3.8) is 0 Å². The standard InChI is InChI=1S/C12H17N3/c1-10(15-8-2-7-13)12-5-3-11(9-14)4-6-12/h3-6,10,15H,2,7-8,13H2,1H3. The fourth-order valence-corrected chi connectivity index (χ4v) is 1.38. The van der Waals surface area contributed by atoms with Crippen molar-refractivity contribution in [3.05, 3.63) is 35.4 Å². The summed E-state index contributed by atoms with van der Waals surface area (Å²) in [5.74, 6) is 0. The van der Waals surface area contributed by atoms with Gasteiger partial charge < -0.3 is 11.1 Å². The molecule has 1 atom stereocenters. The van der Waals surface area contributed by atoms with E-state index in [2.05, 4.69) is 18.3 Å². The lowest BCUT2D eigenvalue weighted by Gasteiger charge is -2.13. The van der Waals surface area contributed by atoms with Crippen molar-refractivity contribution in [2.24, 2.45) is 5.73 Å². The van der Waals surface area contributed by atoms with E-state index in [4.69, 9.17) is 11.0 Å². The van der Waals surface area contributed by atoms with Gasteiger partial charge in [0.25, 0.3) is 0 Å². The van der Waals surface area contributed by atoms with Gasteiger partial charge in [0.1, 0.15) is 0 Å². The summed E-state index contributed by atoms with van der Waals surface area (Å²) in [5.41, 5.74) is 7.32. The first kappa shape index (κ1) is 11.7. The summed E-state index contributed by atoms with van der Waals surface area (Å²) in [6.45, 7) is 3.75. The third kappa shape index (κ3) is 3.70. The molecule has 0 saturated heterocycles. The van der Waals surface area contributed by atoms with E-state index >= 15 is 0 Å². The maximum Gasteiger partial charge on any atom is 0.0991 e. The molecule has 1 unspecified atom stereocenters. The molecule has 0 aliphatic rings. The van der Waals surface area contributed by atoms with Gasteiger partial charge in [-0.1, -0.05) is 12.1 Å². The number of nitrogens with one attached hydrogen (secondary N) is 1. The largest absolute Gasteiger partial charge is 0.330 e. The quantitative estimate of drug-likeness (QED) is 0.714. The van der Waals surface area contributed by atoms with E-state index in [0.29, 0.717) is 18.2 Å². The number of nitrogens with two attached hydrogens (primary N) is 1. The smallest absolute Gasteiger partial charge is 0.0991 e. The third-order valence-corrected chi connectivity index (χ3v) is 2.37. The first-order chi connectivity index (χ1) is 7.27. The molecule has 0 amide bonds. The first-order valence-corrected chi connectivity index (χ1v) is 5.21. The molecule has 0 aliphatic heterocycles. The Hall–Kier alpha value is -1.37. The van der Waals surface area contributed by atoms with Crippen LogP contribution in [0.15, 0.2) is 24.3 Å². The highest BCUT2D eigenvalue weighted by atomic mass is 14.9. The number of hydrogen-bond donors (Lipinski definition) is 2. The van der Waals surface area contributed by atoms with Crippen LogP contribution in [-0.2, 0) is 0 Å². The number of nitriles is 1. The molecule has 0 bridgehead atoms. The molecular weight excluding hydrogens is 186 g/mol. The topological polar surface area (TPSA) is 61.8 Å². The molecule has 15 heavy (non-hydrogen) atoms. The molecule has 1 aromatic rings. The first-order valence-electron chi connectivity index (χ1n) is 5.21. The molecule has 0 spiro atoms. The molecular formula is C12H17N3. The van der Waals surface area contributed by atoms with Gasteiger partial charge in [0.05, 0.1) is 11.6 Å². The molecule has 0 saturated carbocycles. The van der Waals surface area contributed by atoms with Crippen molar-refractivity contribution in [1.29, 1.82) is 5.26 Å². The van der Waals surface area contributed by atoms with E-state index < -0.39 is 0 Å². The second-order valence-corrected chi connectivity index (χ2v) is 3.55. The van der Waals surface area contributed by atoms with Gasteiger partial charge in [-0.25, -0.2) is 0 Å². The summed E-state index contributed by atoms with van der Waals surface area (Å²) in [7, 11) is 0. The monoisotopic (exact) mass is 203 g/mol. The normalized spacial score (nSPS) is 12.1. The maximum atomic E-state index is 8.66. The van der Waals surface area contributed by atoms with Crippen LogP contribution in [0.3, 0.4) is 0 Å². The van der Waals surface area contributed by atoms with E-state index in [0.717, 1.165) is 13.0 Å². The zero-order valence-corrected chi connectivity index (χ0v) is 9.03. The van der Waals surface area contributed by atoms with Crippen LogP contribution in [-0.4, -0.2) is 13.1 Å². The Morgan fingerprint density at radius 1 is 1.40 bits per heavy atom. The number of nitrogens with zero attached hydrogens (tertiary/aromatic N) is 1. The van der Waals surface area contributed by atoms with E-state index in [1.807, 2.05) is 24.3 Å². The van der Waals surface area contributed by atoms with Gasteiger partial charge >= 0.3 is 0 Å². The summed E-state index contributed by atoms with van der Waals surface area (Å²) in [4.78, 5) is 0. The van der Waals surface area contributed by atoms with Gasteiger partial charge in [-0.05, 0) is 44.1 Å². The molecule has 3 N–H and O–H groups in total. The van der Waals surface area contributed by atoms with Crippen LogP contribution >= 0.6 is 0 Å². The summed E-state index contributed by atoms with van der Waals surface area (Å²) in [6.07, 6.45) is 0.987. The van der Waals surface area contributed by atoms with E-state index in [1.54, 1.807) is 0 Å². The Balaban J connectivity index is 2.51. The molecule has 0 fully saturated rings. The summed E-state index contributed by atoms with van der Waals surface area (Å²) in [5, 5.41) is 12.0. The molecule has 0 radical (unpaired) electrons. The summed E-state index contributed by atoms with van der Waals surface area (Å²) >= 11 is 0. The SMILES string of the molecule is CC(NCCCN)c1ccc(C#N)cc1. The van der Waals surface area contributed by atoms with Crippen molar-refractivity contribution in [3.8, 4) is 6.07 Å². The lowest BCUT2D eigenvalue weighted by Crippen LogP contribution is -2.21. The average Bonchev–Trinajstić information content (AvgIpc) is 2.29. The highest BCUT2D eigenvalue weighted by Gasteiger charge is 2.03. The fourth-order valence-electron chi connectivity index (χ4n) is 1.38. The number of benzene rings is 1. The molecule has 80 valence electrons.